The minimum absolute atomic E-state index is 0.0631. The van der Waals surface area contributed by atoms with Gasteiger partial charge in [0.25, 0.3) is 5.69 Å². The number of hydrogen-bond donors (Lipinski definition) is 0. The Kier molecular flexibility index (Phi) is 3.09. The number of fused-ring (bicyclic) bond motifs is 1. The van der Waals surface area contributed by atoms with E-state index in [1.165, 1.54) is 40.9 Å². The highest BCUT2D eigenvalue weighted by atomic mass is 19.4. The number of pyridine rings is 1. The molecule has 5 nitrogen and oxygen atoms in total. The van der Waals surface area contributed by atoms with E-state index >= 15 is 0 Å². The molecule has 0 spiro atoms. The standard InChI is InChI=1S/C14H8F3N3O2/c15-14(16,17)10-3-6-13-18-12(8-19(13)7-10)9-1-4-11(5-2-9)20(21)22/h1-8H. The molecule has 0 unspecified atom stereocenters. The lowest BCUT2D eigenvalue weighted by Crippen LogP contribution is -2.05. The van der Waals surface area contributed by atoms with E-state index in [9.17, 15) is 23.3 Å². The summed E-state index contributed by atoms with van der Waals surface area (Å²) in [5.74, 6) is 0. The van der Waals surface area contributed by atoms with Crippen LogP contribution in [-0.2, 0) is 6.18 Å². The number of nitrogens with zero attached hydrogens (tertiary/aromatic N) is 3. The number of alkyl halides is 3. The van der Waals surface area contributed by atoms with E-state index in [1.54, 1.807) is 0 Å². The zero-order valence-corrected chi connectivity index (χ0v) is 10.9. The fourth-order valence-corrected chi connectivity index (χ4v) is 2.05. The van der Waals surface area contributed by atoms with Crippen molar-refractivity contribution in [2.45, 2.75) is 6.18 Å². The average molecular weight is 307 g/mol. The third kappa shape index (κ3) is 2.50. The SMILES string of the molecule is O=[N+]([O-])c1ccc(-c2cn3cc(C(F)(F)F)ccc3n2)cc1. The van der Waals surface area contributed by atoms with E-state index < -0.39 is 16.7 Å². The second-order valence-electron chi connectivity index (χ2n) is 4.61. The first kappa shape index (κ1) is 14.1. The number of nitro groups is 1. The number of halogens is 3. The van der Waals surface area contributed by atoms with Crippen LogP contribution in [0.2, 0.25) is 0 Å². The summed E-state index contributed by atoms with van der Waals surface area (Å²) in [6.45, 7) is 0. The Morgan fingerprint density at radius 1 is 1.05 bits per heavy atom. The Labute approximate surface area is 121 Å². The van der Waals surface area contributed by atoms with E-state index in [2.05, 4.69) is 4.98 Å². The lowest BCUT2D eigenvalue weighted by atomic mass is 10.1. The molecule has 0 fully saturated rings. The number of non-ortho nitro benzene ring substituents is 1. The van der Waals surface area contributed by atoms with Crippen LogP contribution in [0.15, 0.2) is 48.8 Å². The average Bonchev–Trinajstić information content (AvgIpc) is 2.89. The van der Waals surface area contributed by atoms with Gasteiger partial charge in [-0.3, -0.25) is 10.1 Å². The highest BCUT2D eigenvalue weighted by molar-refractivity contribution is 5.64. The third-order valence-corrected chi connectivity index (χ3v) is 3.15. The first-order chi connectivity index (χ1) is 10.3. The summed E-state index contributed by atoms with van der Waals surface area (Å²) in [6.07, 6.45) is -2.02. The smallest absolute Gasteiger partial charge is 0.306 e. The van der Waals surface area contributed by atoms with Crippen LogP contribution in [0.1, 0.15) is 5.56 Å². The van der Waals surface area contributed by atoms with Crippen LogP contribution in [0.3, 0.4) is 0 Å². The van der Waals surface area contributed by atoms with Gasteiger partial charge >= 0.3 is 6.18 Å². The molecule has 0 saturated carbocycles. The largest absolute Gasteiger partial charge is 0.417 e. The Balaban J connectivity index is 2.03. The zero-order valence-electron chi connectivity index (χ0n) is 10.9. The van der Waals surface area contributed by atoms with E-state index in [0.29, 0.717) is 16.9 Å². The number of nitro benzene ring substituents is 1. The molecule has 0 N–H and O–H groups in total. The van der Waals surface area contributed by atoms with Gasteiger partial charge in [-0.2, -0.15) is 13.2 Å². The molecule has 0 radical (unpaired) electrons. The molecule has 1 aromatic carbocycles. The minimum Gasteiger partial charge on any atom is -0.306 e. The van der Waals surface area contributed by atoms with Crippen LogP contribution in [0.25, 0.3) is 16.9 Å². The summed E-state index contributed by atoms with van der Waals surface area (Å²) in [6, 6.07) is 7.88. The number of benzene rings is 1. The molecular weight excluding hydrogens is 299 g/mol. The van der Waals surface area contributed by atoms with Crippen molar-refractivity contribution in [2.24, 2.45) is 0 Å². The van der Waals surface area contributed by atoms with Crippen molar-refractivity contribution in [1.29, 1.82) is 0 Å². The highest BCUT2D eigenvalue weighted by Crippen LogP contribution is 2.30. The lowest BCUT2D eigenvalue weighted by Gasteiger charge is -2.05. The molecule has 0 amide bonds. The molecule has 3 rings (SSSR count). The summed E-state index contributed by atoms with van der Waals surface area (Å²) in [5.41, 5.74) is 0.554. The maximum atomic E-state index is 12.7. The van der Waals surface area contributed by atoms with Crippen LogP contribution >= 0.6 is 0 Å². The molecule has 0 aliphatic heterocycles. The van der Waals surface area contributed by atoms with Gasteiger partial charge in [0.05, 0.1) is 16.2 Å². The molecular formula is C14H8F3N3O2. The highest BCUT2D eigenvalue weighted by Gasteiger charge is 2.30. The molecule has 0 bridgehead atoms. The van der Waals surface area contributed by atoms with Gasteiger partial charge in [0.15, 0.2) is 0 Å². The maximum absolute atomic E-state index is 12.7. The molecule has 8 heteroatoms. The fraction of sp³-hybridized carbons (Fsp3) is 0.0714. The van der Waals surface area contributed by atoms with Gasteiger partial charge in [0.2, 0.25) is 0 Å². The van der Waals surface area contributed by atoms with Crippen molar-refractivity contribution in [3.8, 4) is 11.3 Å². The second-order valence-corrected chi connectivity index (χ2v) is 4.61. The van der Waals surface area contributed by atoms with Gasteiger partial charge in [0.1, 0.15) is 5.65 Å². The molecule has 0 aliphatic rings. The zero-order chi connectivity index (χ0) is 15.9. The topological polar surface area (TPSA) is 60.4 Å². The summed E-state index contributed by atoms with van der Waals surface area (Å²) in [4.78, 5) is 14.3. The van der Waals surface area contributed by atoms with Gasteiger partial charge < -0.3 is 4.40 Å². The van der Waals surface area contributed by atoms with E-state index in [-0.39, 0.29) is 5.69 Å². The van der Waals surface area contributed by atoms with Crippen molar-refractivity contribution in [3.63, 3.8) is 0 Å². The lowest BCUT2D eigenvalue weighted by molar-refractivity contribution is -0.384. The third-order valence-electron chi connectivity index (χ3n) is 3.15. The van der Waals surface area contributed by atoms with Crippen LogP contribution in [0.5, 0.6) is 0 Å². The molecule has 0 saturated heterocycles. The molecule has 0 atom stereocenters. The fourth-order valence-electron chi connectivity index (χ4n) is 2.05. The van der Waals surface area contributed by atoms with Crippen molar-refractivity contribution in [1.82, 2.24) is 9.38 Å². The molecule has 0 aliphatic carbocycles. The first-order valence-corrected chi connectivity index (χ1v) is 6.15. The number of rotatable bonds is 2. The second kappa shape index (κ2) is 4.83. The van der Waals surface area contributed by atoms with E-state index in [0.717, 1.165) is 12.3 Å². The van der Waals surface area contributed by atoms with E-state index in [4.69, 9.17) is 0 Å². The minimum atomic E-state index is -4.42. The predicted molar refractivity (Wildman–Crippen MR) is 72.3 cm³/mol. The van der Waals surface area contributed by atoms with Crippen LogP contribution in [-0.4, -0.2) is 14.3 Å². The van der Waals surface area contributed by atoms with Gasteiger partial charge in [-0.25, -0.2) is 4.98 Å². The molecule has 112 valence electrons. The first-order valence-electron chi connectivity index (χ1n) is 6.15. The Morgan fingerprint density at radius 2 is 1.73 bits per heavy atom. The quantitative estimate of drug-likeness (QED) is 0.532. The van der Waals surface area contributed by atoms with Gasteiger partial charge in [0, 0.05) is 30.1 Å². The van der Waals surface area contributed by atoms with Gasteiger partial charge in [-0.1, -0.05) is 0 Å². The Bertz CT molecular complexity index is 854. The number of hydrogen-bond acceptors (Lipinski definition) is 3. The molecule has 2 heterocycles. The number of aromatic nitrogens is 2. The van der Waals surface area contributed by atoms with E-state index in [1.807, 2.05) is 0 Å². The molecule has 22 heavy (non-hydrogen) atoms. The van der Waals surface area contributed by atoms with Crippen LogP contribution in [0, 0.1) is 10.1 Å². The van der Waals surface area contributed by atoms with Crippen molar-refractivity contribution in [2.75, 3.05) is 0 Å². The maximum Gasteiger partial charge on any atom is 0.417 e. The van der Waals surface area contributed by atoms with Gasteiger partial charge in [-0.15, -0.1) is 0 Å². The van der Waals surface area contributed by atoms with Crippen molar-refractivity contribution in [3.05, 3.63) is 64.5 Å². The summed E-state index contributed by atoms with van der Waals surface area (Å²) >= 11 is 0. The normalized spacial score (nSPS) is 11.8. The monoisotopic (exact) mass is 307 g/mol. The number of imidazole rings is 1. The molecule has 2 aromatic heterocycles. The molecule has 3 aromatic rings. The predicted octanol–water partition coefficient (Wildman–Crippen LogP) is 3.93. The Hall–Kier alpha value is -2.90. The Morgan fingerprint density at radius 3 is 2.32 bits per heavy atom. The summed E-state index contributed by atoms with van der Waals surface area (Å²) < 4.78 is 39.3. The van der Waals surface area contributed by atoms with Crippen molar-refractivity contribution >= 4 is 11.3 Å². The van der Waals surface area contributed by atoms with Crippen LogP contribution in [0.4, 0.5) is 18.9 Å². The van der Waals surface area contributed by atoms with Crippen LogP contribution < -0.4 is 0 Å². The van der Waals surface area contributed by atoms with Crippen molar-refractivity contribution < 1.29 is 18.1 Å². The summed E-state index contributed by atoms with van der Waals surface area (Å²) in [5, 5.41) is 10.6. The van der Waals surface area contributed by atoms with Gasteiger partial charge in [-0.05, 0) is 24.3 Å². The summed E-state index contributed by atoms with van der Waals surface area (Å²) in [7, 11) is 0.